The molecule has 3 N–H and O–H groups in total. The fourth-order valence-electron chi connectivity index (χ4n) is 2.35. The predicted octanol–water partition coefficient (Wildman–Crippen LogP) is 1.06. The number of benzene rings is 1. The lowest BCUT2D eigenvalue weighted by molar-refractivity contribution is -0.129. The number of phenols is 2. The molecule has 2 amide bonds. The lowest BCUT2D eigenvalue weighted by Crippen LogP contribution is -2.46. The van der Waals surface area contributed by atoms with Crippen LogP contribution in [0, 0.1) is 0 Å². The third-order valence-corrected chi connectivity index (χ3v) is 3.69. The maximum atomic E-state index is 12.1. The number of phenolic OH excluding ortho intramolecular Hbond substituents is 2. The molecule has 0 aromatic heterocycles. The van der Waals surface area contributed by atoms with Crippen LogP contribution in [0.25, 0.3) is 0 Å². The standard InChI is InChI=1S/C14H17ClN2O4/c15-8-13(20)17-3-1-10(2-4-17)16-14(21)9-5-11(18)7-12(19)6-9/h5-7,10,18-19H,1-4,8H2,(H,16,21). The van der Waals surface area contributed by atoms with Gasteiger partial charge < -0.3 is 20.4 Å². The molecule has 1 saturated heterocycles. The average molecular weight is 313 g/mol. The van der Waals surface area contributed by atoms with Crippen molar-refractivity contribution in [3.63, 3.8) is 0 Å². The number of nitrogens with one attached hydrogen (secondary N) is 1. The van der Waals surface area contributed by atoms with Crippen LogP contribution in [0.5, 0.6) is 11.5 Å². The van der Waals surface area contributed by atoms with Crippen molar-refractivity contribution in [2.24, 2.45) is 0 Å². The second-order valence-electron chi connectivity index (χ2n) is 5.00. The summed E-state index contributed by atoms with van der Waals surface area (Å²) in [7, 11) is 0. The number of rotatable bonds is 3. The molecule has 1 aliphatic rings. The Morgan fingerprint density at radius 1 is 1.19 bits per heavy atom. The third kappa shape index (κ3) is 4.01. The van der Waals surface area contributed by atoms with Crippen LogP contribution >= 0.6 is 11.6 Å². The highest BCUT2D eigenvalue weighted by atomic mass is 35.5. The molecule has 1 aliphatic heterocycles. The normalized spacial score (nSPS) is 15.8. The number of likely N-dealkylation sites (tertiary alicyclic amines) is 1. The Morgan fingerprint density at radius 3 is 2.29 bits per heavy atom. The first-order chi connectivity index (χ1) is 9.99. The van der Waals surface area contributed by atoms with E-state index in [0.29, 0.717) is 25.9 Å². The molecule has 0 radical (unpaired) electrons. The van der Waals surface area contributed by atoms with E-state index in [1.54, 1.807) is 4.90 Å². The minimum Gasteiger partial charge on any atom is -0.508 e. The van der Waals surface area contributed by atoms with Gasteiger partial charge in [0.2, 0.25) is 5.91 Å². The zero-order valence-electron chi connectivity index (χ0n) is 11.4. The Kier molecular flexibility index (Phi) is 4.90. The maximum Gasteiger partial charge on any atom is 0.251 e. The lowest BCUT2D eigenvalue weighted by atomic mass is 10.0. The highest BCUT2D eigenvalue weighted by Crippen LogP contribution is 2.21. The fraction of sp³-hybridized carbons (Fsp3) is 0.429. The molecule has 21 heavy (non-hydrogen) atoms. The smallest absolute Gasteiger partial charge is 0.251 e. The number of nitrogens with zero attached hydrogens (tertiary/aromatic N) is 1. The quantitative estimate of drug-likeness (QED) is 0.728. The average Bonchev–Trinajstić information content (AvgIpc) is 2.46. The summed E-state index contributed by atoms with van der Waals surface area (Å²) in [6.07, 6.45) is 1.30. The Bertz CT molecular complexity index is 522. The van der Waals surface area contributed by atoms with E-state index in [1.165, 1.54) is 12.1 Å². The van der Waals surface area contributed by atoms with Gasteiger partial charge in [-0.15, -0.1) is 11.6 Å². The molecule has 1 fully saturated rings. The minimum atomic E-state index is -0.358. The topological polar surface area (TPSA) is 89.9 Å². The molecule has 2 rings (SSSR count). The van der Waals surface area contributed by atoms with Gasteiger partial charge in [-0.05, 0) is 25.0 Å². The molecule has 114 valence electrons. The Hall–Kier alpha value is -1.95. The van der Waals surface area contributed by atoms with Gasteiger partial charge in [0.05, 0.1) is 0 Å². The van der Waals surface area contributed by atoms with Crippen molar-refractivity contribution in [3.05, 3.63) is 23.8 Å². The van der Waals surface area contributed by atoms with Crippen LogP contribution in [-0.2, 0) is 4.79 Å². The summed E-state index contributed by atoms with van der Waals surface area (Å²) in [4.78, 5) is 25.2. The van der Waals surface area contributed by atoms with Crippen LogP contribution in [0.4, 0.5) is 0 Å². The Labute approximate surface area is 127 Å². The molecule has 1 aromatic carbocycles. The van der Waals surface area contributed by atoms with Crippen molar-refractivity contribution in [1.29, 1.82) is 0 Å². The zero-order valence-corrected chi connectivity index (χ0v) is 12.1. The second-order valence-corrected chi connectivity index (χ2v) is 5.27. The molecule has 6 nitrogen and oxygen atoms in total. The molecule has 0 atom stereocenters. The molecular weight excluding hydrogens is 296 g/mol. The van der Waals surface area contributed by atoms with Gasteiger partial charge in [-0.25, -0.2) is 0 Å². The van der Waals surface area contributed by atoms with Crippen LogP contribution in [0.15, 0.2) is 18.2 Å². The predicted molar refractivity (Wildman–Crippen MR) is 77.6 cm³/mol. The molecule has 1 aromatic rings. The number of amides is 2. The van der Waals surface area contributed by atoms with Gasteiger partial charge >= 0.3 is 0 Å². The van der Waals surface area contributed by atoms with E-state index in [9.17, 15) is 19.8 Å². The van der Waals surface area contributed by atoms with Crippen LogP contribution in [-0.4, -0.2) is 51.9 Å². The number of aromatic hydroxyl groups is 2. The van der Waals surface area contributed by atoms with E-state index in [-0.39, 0.29) is 40.8 Å². The van der Waals surface area contributed by atoms with Crippen LogP contribution in [0.1, 0.15) is 23.2 Å². The molecule has 1 heterocycles. The fourth-order valence-corrected chi connectivity index (χ4v) is 2.52. The van der Waals surface area contributed by atoms with Gasteiger partial charge in [0.25, 0.3) is 5.91 Å². The van der Waals surface area contributed by atoms with Gasteiger partial charge in [-0.3, -0.25) is 9.59 Å². The van der Waals surface area contributed by atoms with E-state index < -0.39 is 0 Å². The van der Waals surface area contributed by atoms with Gasteiger partial charge in [-0.2, -0.15) is 0 Å². The maximum absolute atomic E-state index is 12.1. The highest BCUT2D eigenvalue weighted by molar-refractivity contribution is 6.27. The molecular formula is C14H17ClN2O4. The first kappa shape index (κ1) is 15.4. The van der Waals surface area contributed by atoms with Gasteiger partial charge in [0, 0.05) is 30.8 Å². The van der Waals surface area contributed by atoms with Gasteiger partial charge in [0.15, 0.2) is 0 Å². The van der Waals surface area contributed by atoms with Crippen molar-refractivity contribution in [2.75, 3.05) is 19.0 Å². The Balaban J connectivity index is 1.91. The number of halogens is 1. The monoisotopic (exact) mass is 312 g/mol. The number of alkyl halides is 1. The van der Waals surface area contributed by atoms with Crippen molar-refractivity contribution < 1.29 is 19.8 Å². The summed E-state index contributed by atoms with van der Waals surface area (Å²) < 4.78 is 0. The van der Waals surface area contributed by atoms with E-state index in [2.05, 4.69) is 5.32 Å². The summed E-state index contributed by atoms with van der Waals surface area (Å²) >= 11 is 5.51. The Morgan fingerprint density at radius 2 is 1.76 bits per heavy atom. The molecule has 0 aliphatic carbocycles. The SMILES string of the molecule is O=C(NC1CCN(C(=O)CCl)CC1)c1cc(O)cc(O)c1. The van der Waals surface area contributed by atoms with Gasteiger partial charge in [0.1, 0.15) is 17.4 Å². The van der Waals surface area contributed by atoms with Crippen LogP contribution < -0.4 is 5.32 Å². The summed E-state index contributed by atoms with van der Waals surface area (Å²) in [6, 6.07) is 3.71. The van der Waals surface area contributed by atoms with Crippen molar-refractivity contribution in [2.45, 2.75) is 18.9 Å². The number of hydrogen-bond acceptors (Lipinski definition) is 4. The van der Waals surface area contributed by atoms with Crippen molar-refractivity contribution >= 4 is 23.4 Å². The lowest BCUT2D eigenvalue weighted by Gasteiger charge is -2.32. The molecule has 0 bridgehead atoms. The van der Waals surface area contributed by atoms with E-state index >= 15 is 0 Å². The number of piperidine rings is 1. The van der Waals surface area contributed by atoms with E-state index in [0.717, 1.165) is 6.07 Å². The summed E-state index contributed by atoms with van der Waals surface area (Å²) in [5.74, 6) is -0.812. The second kappa shape index (κ2) is 6.67. The summed E-state index contributed by atoms with van der Waals surface area (Å²) in [5.41, 5.74) is 0.201. The third-order valence-electron chi connectivity index (χ3n) is 3.46. The largest absolute Gasteiger partial charge is 0.508 e. The first-order valence-electron chi connectivity index (χ1n) is 6.67. The zero-order chi connectivity index (χ0) is 15.4. The van der Waals surface area contributed by atoms with Crippen molar-refractivity contribution in [3.8, 4) is 11.5 Å². The minimum absolute atomic E-state index is 0.0282. The van der Waals surface area contributed by atoms with Crippen molar-refractivity contribution in [1.82, 2.24) is 10.2 Å². The van der Waals surface area contributed by atoms with Gasteiger partial charge in [-0.1, -0.05) is 0 Å². The van der Waals surface area contributed by atoms with E-state index in [4.69, 9.17) is 11.6 Å². The van der Waals surface area contributed by atoms with E-state index in [1.807, 2.05) is 0 Å². The highest BCUT2D eigenvalue weighted by Gasteiger charge is 2.23. The molecule has 0 saturated carbocycles. The number of carbonyl (C=O) groups excluding carboxylic acids is 2. The number of hydrogen-bond donors (Lipinski definition) is 3. The molecule has 7 heteroatoms. The summed E-state index contributed by atoms with van der Waals surface area (Å²) in [6.45, 7) is 1.11. The van der Waals surface area contributed by atoms with Crippen LogP contribution in [0.2, 0.25) is 0 Å². The molecule has 0 unspecified atom stereocenters. The van der Waals surface area contributed by atoms with Crippen LogP contribution in [0.3, 0.4) is 0 Å². The summed E-state index contributed by atoms with van der Waals surface area (Å²) in [5, 5.41) is 21.6. The first-order valence-corrected chi connectivity index (χ1v) is 7.20. The molecule has 0 spiro atoms. The number of carbonyl (C=O) groups is 2.